The lowest BCUT2D eigenvalue weighted by molar-refractivity contribution is 0.0421. The van der Waals surface area contributed by atoms with Crippen molar-refractivity contribution in [2.75, 3.05) is 33.9 Å². The molecule has 0 saturated carbocycles. The molecule has 6 rings (SSSR count). The average molecular weight is 460 g/mol. The first kappa shape index (κ1) is 22.0. The quantitative estimate of drug-likeness (QED) is 0.536. The number of rotatable bonds is 5. The Morgan fingerprint density at radius 3 is 2.68 bits per heavy atom. The zero-order valence-corrected chi connectivity index (χ0v) is 20.7. The van der Waals surface area contributed by atoms with E-state index in [0.29, 0.717) is 18.0 Å². The van der Waals surface area contributed by atoms with Gasteiger partial charge in [0.25, 0.3) is 0 Å². The summed E-state index contributed by atoms with van der Waals surface area (Å²) < 4.78 is 11.2. The number of fused-ring (bicyclic) bond motifs is 6. The third-order valence-electron chi connectivity index (χ3n) is 8.80. The van der Waals surface area contributed by atoms with Gasteiger partial charge in [0.15, 0.2) is 11.5 Å². The molecule has 5 nitrogen and oxygen atoms in total. The molecule has 5 heteroatoms. The molecule has 2 N–H and O–H groups in total. The van der Waals surface area contributed by atoms with Crippen molar-refractivity contribution in [1.82, 2.24) is 15.2 Å². The normalized spacial score (nSPS) is 26.6. The summed E-state index contributed by atoms with van der Waals surface area (Å²) in [5.74, 6) is 3.12. The first-order valence-corrected chi connectivity index (χ1v) is 13.0. The summed E-state index contributed by atoms with van der Waals surface area (Å²) in [4.78, 5) is 6.59. The van der Waals surface area contributed by atoms with Crippen LogP contribution in [0.1, 0.15) is 60.7 Å². The van der Waals surface area contributed by atoms with E-state index < -0.39 is 0 Å². The van der Waals surface area contributed by atoms with Crippen LogP contribution in [-0.2, 0) is 12.8 Å². The summed E-state index contributed by atoms with van der Waals surface area (Å²) in [5, 5.41) is 5.28. The molecule has 1 fully saturated rings. The molecule has 0 unspecified atom stereocenters. The maximum atomic E-state index is 5.66. The Kier molecular flexibility index (Phi) is 5.78. The number of H-pyrrole nitrogens is 1. The molecule has 1 saturated heterocycles. The van der Waals surface area contributed by atoms with Crippen LogP contribution < -0.4 is 14.8 Å². The molecule has 34 heavy (non-hydrogen) atoms. The SMILES string of the molecule is CC[C@@H]1CN2CCc3c([nH]c4ccccc34)[C@@H]2C[C@@H]1C[C@H]1NCCc2cc(OC)c(OC)cc21. The minimum absolute atomic E-state index is 0.375. The lowest BCUT2D eigenvalue weighted by Gasteiger charge is -2.47. The van der Waals surface area contributed by atoms with Crippen LogP contribution in [-0.4, -0.2) is 43.7 Å². The topological polar surface area (TPSA) is 49.5 Å². The van der Waals surface area contributed by atoms with E-state index in [1.165, 1.54) is 60.1 Å². The number of hydrogen-bond donors (Lipinski definition) is 2. The molecular weight excluding hydrogens is 422 g/mol. The maximum absolute atomic E-state index is 5.66. The average Bonchev–Trinajstić information content (AvgIpc) is 3.27. The van der Waals surface area contributed by atoms with Crippen molar-refractivity contribution in [3.8, 4) is 11.5 Å². The molecule has 0 spiro atoms. The van der Waals surface area contributed by atoms with Crippen molar-refractivity contribution in [3.63, 3.8) is 0 Å². The van der Waals surface area contributed by atoms with Crippen molar-refractivity contribution in [3.05, 3.63) is 58.8 Å². The third-order valence-corrected chi connectivity index (χ3v) is 8.80. The number of nitrogens with one attached hydrogen (secondary N) is 2. The van der Waals surface area contributed by atoms with E-state index in [4.69, 9.17) is 9.47 Å². The standard InChI is InChI=1S/C29H37N3O2/c1-4-18-17-32-12-10-22-21-7-5-6-8-24(21)31-29(22)26(32)14-20(18)13-25-23-16-28(34-3)27(33-2)15-19(23)9-11-30-25/h5-8,15-16,18,20,25-26,30-31H,4,9-14,17H2,1-3H3/t18-,20+,25-,26+/m1/s1. The van der Waals surface area contributed by atoms with Crippen LogP contribution >= 0.6 is 0 Å². The highest BCUT2D eigenvalue weighted by Gasteiger charge is 2.40. The van der Waals surface area contributed by atoms with E-state index >= 15 is 0 Å². The lowest BCUT2D eigenvalue weighted by atomic mass is 9.73. The second-order valence-corrected chi connectivity index (χ2v) is 10.4. The second kappa shape index (κ2) is 8.94. The second-order valence-electron chi connectivity index (χ2n) is 10.4. The lowest BCUT2D eigenvalue weighted by Crippen LogP contribution is -2.46. The number of methoxy groups -OCH3 is 2. The molecule has 3 aromatic rings. The zero-order valence-electron chi connectivity index (χ0n) is 20.7. The molecule has 1 aromatic heterocycles. The summed E-state index contributed by atoms with van der Waals surface area (Å²) in [5.41, 5.74) is 7.14. The van der Waals surface area contributed by atoms with Gasteiger partial charge in [-0.3, -0.25) is 4.90 Å². The molecule has 180 valence electrons. The van der Waals surface area contributed by atoms with Crippen molar-refractivity contribution < 1.29 is 9.47 Å². The van der Waals surface area contributed by atoms with Gasteiger partial charge in [-0.25, -0.2) is 0 Å². The number of piperidine rings is 1. The Morgan fingerprint density at radius 2 is 1.85 bits per heavy atom. The molecule has 4 atom stereocenters. The van der Waals surface area contributed by atoms with Crippen LogP contribution in [0.3, 0.4) is 0 Å². The number of aromatic amines is 1. The van der Waals surface area contributed by atoms with Gasteiger partial charge >= 0.3 is 0 Å². The zero-order chi connectivity index (χ0) is 23.2. The molecule has 0 amide bonds. The minimum atomic E-state index is 0.375. The summed E-state index contributed by atoms with van der Waals surface area (Å²) in [7, 11) is 3.46. The number of aromatic nitrogens is 1. The Morgan fingerprint density at radius 1 is 1.03 bits per heavy atom. The van der Waals surface area contributed by atoms with E-state index in [2.05, 4.69) is 58.5 Å². The van der Waals surface area contributed by atoms with Gasteiger partial charge in [0.05, 0.1) is 20.3 Å². The van der Waals surface area contributed by atoms with E-state index in [1.54, 1.807) is 19.8 Å². The molecule has 0 bridgehead atoms. The van der Waals surface area contributed by atoms with Gasteiger partial charge < -0.3 is 19.8 Å². The monoisotopic (exact) mass is 459 g/mol. The van der Waals surface area contributed by atoms with Gasteiger partial charge in [0.2, 0.25) is 0 Å². The Hall–Kier alpha value is -2.50. The number of nitrogens with zero attached hydrogens (tertiary/aromatic N) is 1. The Balaban J connectivity index is 1.30. The van der Waals surface area contributed by atoms with Gasteiger partial charge in [-0.2, -0.15) is 0 Å². The molecule has 3 aliphatic rings. The summed E-state index contributed by atoms with van der Waals surface area (Å²) >= 11 is 0. The van der Waals surface area contributed by atoms with E-state index in [1.807, 2.05) is 0 Å². The smallest absolute Gasteiger partial charge is 0.161 e. The summed E-state index contributed by atoms with van der Waals surface area (Å²) in [6.07, 6.45) is 5.87. The van der Waals surface area contributed by atoms with Gasteiger partial charge in [-0.05, 0) is 79.0 Å². The van der Waals surface area contributed by atoms with Crippen molar-refractivity contribution in [2.24, 2.45) is 11.8 Å². The number of hydrogen-bond acceptors (Lipinski definition) is 4. The fraction of sp³-hybridized carbons (Fsp3) is 0.517. The van der Waals surface area contributed by atoms with Crippen LogP contribution in [0, 0.1) is 11.8 Å². The highest BCUT2D eigenvalue weighted by Crippen LogP contribution is 2.47. The predicted molar refractivity (Wildman–Crippen MR) is 137 cm³/mol. The summed E-state index contributed by atoms with van der Waals surface area (Å²) in [6, 6.07) is 14.1. The molecule has 0 radical (unpaired) electrons. The van der Waals surface area contributed by atoms with Gasteiger partial charge in [-0.1, -0.05) is 31.5 Å². The number of benzene rings is 2. The van der Waals surface area contributed by atoms with Gasteiger partial charge in [0, 0.05) is 35.7 Å². The fourth-order valence-corrected chi connectivity index (χ4v) is 7.02. The fourth-order valence-electron chi connectivity index (χ4n) is 7.02. The van der Waals surface area contributed by atoms with Crippen LogP contribution in [0.2, 0.25) is 0 Å². The molecule has 4 heterocycles. The molecule has 2 aromatic carbocycles. The molecule has 3 aliphatic heterocycles. The number of para-hydroxylation sites is 1. The first-order chi connectivity index (χ1) is 16.7. The van der Waals surface area contributed by atoms with E-state index in [0.717, 1.165) is 36.8 Å². The van der Waals surface area contributed by atoms with E-state index in [-0.39, 0.29) is 0 Å². The van der Waals surface area contributed by atoms with E-state index in [9.17, 15) is 0 Å². The highest BCUT2D eigenvalue weighted by atomic mass is 16.5. The van der Waals surface area contributed by atoms with Gasteiger partial charge in [0.1, 0.15) is 0 Å². The van der Waals surface area contributed by atoms with Crippen LogP contribution in [0.4, 0.5) is 0 Å². The molecule has 0 aliphatic carbocycles. The van der Waals surface area contributed by atoms with Crippen molar-refractivity contribution >= 4 is 10.9 Å². The van der Waals surface area contributed by atoms with Crippen LogP contribution in [0.15, 0.2) is 36.4 Å². The van der Waals surface area contributed by atoms with Crippen molar-refractivity contribution in [1.29, 1.82) is 0 Å². The Bertz CT molecular complexity index is 1190. The minimum Gasteiger partial charge on any atom is -0.493 e. The molecular formula is C29H37N3O2. The van der Waals surface area contributed by atoms with Crippen LogP contribution in [0.25, 0.3) is 10.9 Å². The van der Waals surface area contributed by atoms with Crippen LogP contribution in [0.5, 0.6) is 11.5 Å². The maximum Gasteiger partial charge on any atom is 0.161 e. The largest absolute Gasteiger partial charge is 0.493 e. The van der Waals surface area contributed by atoms with Gasteiger partial charge in [-0.15, -0.1) is 0 Å². The van der Waals surface area contributed by atoms with Crippen molar-refractivity contribution in [2.45, 2.75) is 51.1 Å². The third kappa shape index (κ3) is 3.61. The Labute approximate surface area is 202 Å². The summed E-state index contributed by atoms with van der Waals surface area (Å²) in [6.45, 7) is 5.81. The highest BCUT2D eigenvalue weighted by molar-refractivity contribution is 5.85. The number of ether oxygens (including phenoxy) is 2. The predicted octanol–water partition coefficient (Wildman–Crippen LogP) is 5.41. The first-order valence-electron chi connectivity index (χ1n) is 13.0.